The van der Waals surface area contributed by atoms with Crippen LogP contribution < -0.4 is 20.9 Å². The molecule has 0 aliphatic carbocycles. The summed E-state index contributed by atoms with van der Waals surface area (Å²) in [7, 11) is -4.36. The van der Waals surface area contributed by atoms with Gasteiger partial charge in [0.2, 0.25) is 0 Å². The highest BCUT2D eigenvalue weighted by Crippen LogP contribution is 2.47. The number of H-pyrrole nitrogens is 1. The van der Waals surface area contributed by atoms with Crippen molar-refractivity contribution >= 4 is 13.7 Å². The molecular weight excluding hydrogens is 549 g/mol. The number of esters is 1. The molecule has 4 rings (SSSR count). The Hall–Kier alpha value is -3.28. The highest BCUT2D eigenvalue weighted by molar-refractivity contribution is 7.52. The van der Waals surface area contributed by atoms with E-state index in [1.165, 1.54) is 19.1 Å². The van der Waals surface area contributed by atoms with E-state index in [0.717, 1.165) is 16.8 Å². The number of nitrogens with zero attached hydrogens (tertiary/aromatic N) is 1. The van der Waals surface area contributed by atoms with E-state index in [1.54, 1.807) is 18.2 Å². The zero-order chi connectivity index (χ0) is 28.9. The predicted molar refractivity (Wildman–Crippen MR) is 138 cm³/mol. The van der Waals surface area contributed by atoms with Gasteiger partial charge in [-0.25, -0.2) is 9.36 Å². The minimum Gasteiger partial charge on any atom is -0.461 e. The molecule has 2 fully saturated rings. The van der Waals surface area contributed by atoms with Crippen LogP contribution >= 0.6 is 7.75 Å². The molecule has 2 aliphatic rings. The molecule has 4 N–H and O–H groups in total. The van der Waals surface area contributed by atoms with Gasteiger partial charge in [-0.15, -0.1) is 6.42 Å². The summed E-state index contributed by atoms with van der Waals surface area (Å²) in [5, 5.41) is 24.3. The van der Waals surface area contributed by atoms with E-state index in [2.05, 4.69) is 5.09 Å². The van der Waals surface area contributed by atoms with Crippen molar-refractivity contribution in [3.63, 3.8) is 0 Å². The fourth-order valence-electron chi connectivity index (χ4n) is 4.18. The summed E-state index contributed by atoms with van der Waals surface area (Å²) in [5.74, 6) is 1.48. The molecule has 1 aromatic carbocycles. The Balaban J connectivity index is 1.51. The average molecular weight is 579 g/mol. The van der Waals surface area contributed by atoms with E-state index in [9.17, 15) is 29.2 Å². The standard InChI is InChI=1S/C25H30N3O11P/c1-3-25(33)21(30)19(38-23(25)28-12-9-20(29)26-24(28)32)15-36-40(34,39-18-7-5-4-6-8-18)27-16(2)22(31)37-17-10-13-35-14-11-17/h1,4-9,12,16-17,19,21,23,30,33H,10-11,13-15H2,2H3,(H,27,34)(H,26,29,32)/t16-,19+,21+,23?,25+,40?/m0/s1. The molecule has 3 heterocycles. The van der Waals surface area contributed by atoms with Crippen molar-refractivity contribution in [2.24, 2.45) is 0 Å². The number of nitrogens with one attached hydrogen (secondary N) is 2. The number of benzene rings is 1. The second-order valence-corrected chi connectivity index (χ2v) is 10.9. The second kappa shape index (κ2) is 12.5. The first-order chi connectivity index (χ1) is 19.0. The predicted octanol–water partition coefficient (Wildman–Crippen LogP) is 0.0632. The summed E-state index contributed by atoms with van der Waals surface area (Å²) in [6.45, 7) is 1.68. The number of carbonyl (C=O) groups is 1. The van der Waals surface area contributed by atoms with E-state index in [4.69, 9.17) is 29.7 Å². The third kappa shape index (κ3) is 6.71. The molecule has 0 saturated carbocycles. The normalized spacial score (nSPS) is 27.3. The lowest BCUT2D eigenvalue weighted by atomic mass is 9.95. The molecule has 0 spiro atoms. The highest BCUT2D eigenvalue weighted by Gasteiger charge is 2.56. The minimum absolute atomic E-state index is 0.147. The smallest absolute Gasteiger partial charge is 0.459 e. The largest absolute Gasteiger partial charge is 0.461 e. The Labute approximate surface area is 228 Å². The SMILES string of the molecule is C#C[C@]1(O)C(n2ccc(=O)[nH]c2=O)O[C@H](COP(=O)(N[C@@H](C)C(=O)OC2CCOCC2)Oc2ccccc2)[C@H]1O. The van der Waals surface area contributed by atoms with Crippen LogP contribution in [0.3, 0.4) is 0 Å². The molecule has 6 atom stereocenters. The van der Waals surface area contributed by atoms with Gasteiger partial charge in [-0.05, 0) is 19.1 Å². The number of aromatic nitrogens is 2. The molecule has 1 aromatic heterocycles. The van der Waals surface area contributed by atoms with Crippen molar-refractivity contribution < 1.29 is 42.8 Å². The third-order valence-electron chi connectivity index (χ3n) is 6.35. The first-order valence-corrected chi connectivity index (χ1v) is 14.0. The van der Waals surface area contributed by atoms with Crippen LogP contribution in [0.1, 0.15) is 26.0 Å². The lowest BCUT2D eigenvalue weighted by Gasteiger charge is -2.27. The minimum atomic E-state index is -4.36. The Morgan fingerprint density at radius 1 is 1.30 bits per heavy atom. The maximum absolute atomic E-state index is 13.8. The average Bonchev–Trinajstić information content (AvgIpc) is 3.18. The van der Waals surface area contributed by atoms with Gasteiger partial charge in [0.25, 0.3) is 5.56 Å². The van der Waals surface area contributed by atoms with Crippen LogP contribution in [0.15, 0.2) is 52.2 Å². The maximum Gasteiger partial charge on any atom is 0.459 e. The van der Waals surface area contributed by atoms with Crippen LogP contribution in [0.25, 0.3) is 0 Å². The van der Waals surface area contributed by atoms with Crippen molar-refractivity contribution in [3.8, 4) is 18.1 Å². The molecular formula is C25H30N3O11P. The monoisotopic (exact) mass is 579 g/mol. The molecule has 15 heteroatoms. The van der Waals surface area contributed by atoms with E-state index >= 15 is 0 Å². The first kappa shape index (κ1) is 29.7. The van der Waals surface area contributed by atoms with Crippen LogP contribution in [-0.4, -0.2) is 75.5 Å². The third-order valence-corrected chi connectivity index (χ3v) is 8.00. The maximum atomic E-state index is 13.8. The number of rotatable bonds is 10. The van der Waals surface area contributed by atoms with Crippen molar-refractivity contribution in [2.45, 2.75) is 55.9 Å². The summed E-state index contributed by atoms with van der Waals surface area (Å²) < 4.78 is 42.1. The summed E-state index contributed by atoms with van der Waals surface area (Å²) >= 11 is 0. The van der Waals surface area contributed by atoms with Crippen molar-refractivity contribution in [1.82, 2.24) is 14.6 Å². The number of aliphatic hydroxyl groups is 2. The molecule has 2 unspecified atom stereocenters. The van der Waals surface area contributed by atoms with E-state index < -0.39 is 61.7 Å². The number of aromatic amines is 1. The first-order valence-electron chi connectivity index (χ1n) is 12.4. The fourth-order valence-corrected chi connectivity index (χ4v) is 5.68. The second-order valence-electron chi connectivity index (χ2n) is 9.26. The molecule has 2 saturated heterocycles. The Morgan fingerprint density at radius 3 is 2.65 bits per heavy atom. The number of carbonyl (C=O) groups excluding carboxylic acids is 1. The lowest BCUT2D eigenvalue weighted by Crippen LogP contribution is -2.48. The summed E-state index contributed by atoms with van der Waals surface area (Å²) in [4.78, 5) is 38.5. The van der Waals surface area contributed by atoms with Gasteiger partial charge in [0, 0.05) is 25.1 Å². The molecule has 0 amide bonds. The van der Waals surface area contributed by atoms with E-state index in [1.807, 2.05) is 10.9 Å². The summed E-state index contributed by atoms with van der Waals surface area (Å²) in [6, 6.07) is 7.87. The van der Waals surface area contributed by atoms with Gasteiger partial charge in [0.05, 0.1) is 19.8 Å². The van der Waals surface area contributed by atoms with Gasteiger partial charge in [0.1, 0.15) is 30.1 Å². The van der Waals surface area contributed by atoms with Gasteiger partial charge in [-0.3, -0.25) is 23.7 Å². The number of terminal acetylenes is 1. The van der Waals surface area contributed by atoms with E-state index in [-0.39, 0.29) is 11.9 Å². The molecule has 0 radical (unpaired) electrons. The van der Waals surface area contributed by atoms with Crippen LogP contribution in [0, 0.1) is 12.3 Å². The van der Waals surface area contributed by atoms with Gasteiger partial charge in [-0.1, -0.05) is 24.1 Å². The molecule has 2 aromatic rings. The number of aliphatic hydroxyl groups excluding tert-OH is 1. The van der Waals surface area contributed by atoms with Crippen molar-refractivity contribution in [3.05, 3.63) is 63.4 Å². The highest BCUT2D eigenvalue weighted by atomic mass is 31.2. The van der Waals surface area contributed by atoms with Crippen molar-refractivity contribution in [2.75, 3.05) is 19.8 Å². The van der Waals surface area contributed by atoms with Crippen molar-refractivity contribution in [1.29, 1.82) is 0 Å². The summed E-state index contributed by atoms with van der Waals surface area (Å²) in [6.07, 6.45) is 2.37. The molecule has 0 bridgehead atoms. The Kier molecular flexibility index (Phi) is 9.27. The summed E-state index contributed by atoms with van der Waals surface area (Å²) in [5.41, 5.74) is -4.07. The molecule has 40 heavy (non-hydrogen) atoms. The zero-order valence-electron chi connectivity index (χ0n) is 21.5. The van der Waals surface area contributed by atoms with Gasteiger partial charge >= 0.3 is 19.4 Å². The Morgan fingerprint density at radius 2 is 2.00 bits per heavy atom. The lowest BCUT2D eigenvalue weighted by molar-refractivity contribution is -0.154. The Bertz CT molecular complexity index is 1380. The zero-order valence-corrected chi connectivity index (χ0v) is 22.4. The quantitative estimate of drug-likeness (QED) is 0.169. The van der Waals surface area contributed by atoms with E-state index in [0.29, 0.717) is 26.1 Å². The van der Waals surface area contributed by atoms with Crippen LogP contribution in [-0.2, 0) is 28.1 Å². The van der Waals surface area contributed by atoms with Crippen LogP contribution in [0.5, 0.6) is 5.75 Å². The van der Waals surface area contributed by atoms with Crippen LogP contribution in [0.2, 0.25) is 0 Å². The molecule has 216 valence electrons. The number of ether oxygens (including phenoxy) is 3. The van der Waals surface area contributed by atoms with Gasteiger partial charge in [0.15, 0.2) is 11.8 Å². The number of hydrogen-bond acceptors (Lipinski definition) is 11. The molecule has 14 nitrogen and oxygen atoms in total. The molecule has 2 aliphatic heterocycles. The fraction of sp³-hybridized carbons (Fsp3) is 0.480. The van der Waals surface area contributed by atoms with Crippen LogP contribution in [0.4, 0.5) is 0 Å². The number of hydrogen-bond donors (Lipinski definition) is 4. The van der Waals surface area contributed by atoms with Gasteiger partial charge in [-0.2, -0.15) is 5.09 Å². The number of para-hydroxylation sites is 1. The van der Waals surface area contributed by atoms with Gasteiger partial charge < -0.3 is 28.9 Å². The topological polar surface area (TPSA) is 188 Å².